The molecule has 2 saturated heterocycles. The molecule has 1 amide bonds. The van der Waals surface area contributed by atoms with Crippen LogP contribution in [0.3, 0.4) is 0 Å². The smallest absolute Gasteiger partial charge is 0.224 e. The zero-order valence-corrected chi connectivity index (χ0v) is 14.1. The van der Waals surface area contributed by atoms with E-state index in [2.05, 4.69) is 25.7 Å². The van der Waals surface area contributed by atoms with Crippen molar-refractivity contribution in [2.45, 2.75) is 71.4 Å². The molecule has 2 aliphatic heterocycles. The average molecular weight is 295 g/mol. The van der Waals surface area contributed by atoms with Crippen LogP contribution in [0.5, 0.6) is 0 Å². The van der Waals surface area contributed by atoms with Crippen LogP contribution in [0.2, 0.25) is 0 Å². The van der Waals surface area contributed by atoms with Crippen LogP contribution in [-0.2, 0) is 4.79 Å². The van der Waals surface area contributed by atoms with Crippen molar-refractivity contribution in [3.63, 3.8) is 0 Å². The lowest BCUT2D eigenvalue weighted by atomic mass is 9.87. The maximum atomic E-state index is 12.4. The Morgan fingerprint density at radius 3 is 2.24 bits per heavy atom. The summed E-state index contributed by atoms with van der Waals surface area (Å²) in [6.07, 6.45) is 6.39. The summed E-state index contributed by atoms with van der Waals surface area (Å²) >= 11 is 0. The first-order chi connectivity index (χ1) is 9.85. The summed E-state index contributed by atoms with van der Waals surface area (Å²) in [5, 5.41) is 0. The minimum absolute atomic E-state index is 0.00574. The fraction of sp³-hybridized carbons (Fsp3) is 0.941. The molecule has 2 fully saturated rings. The molecule has 4 nitrogen and oxygen atoms in total. The summed E-state index contributed by atoms with van der Waals surface area (Å²) in [4.78, 5) is 17.0. The minimum Gasteiger partial charge on any atom is -0.343 e. The van der Waals surface area contributed by atoms with Gasteiger partial charge in [0.25, 0.3) is 0 Å². The van der Waals surface area contributed by atoms with Gasteiger partial charge >= 0.3 is 0 Å². The molecule has 0 saturated carbocycles. The lowest BCUT2D eigenvalue weighted by Crippen LogP contribution is -2.47. The number of nitrogens with zero attached hydrogens (tertiary/aromatic N) is 2. The number of rotatable bonds is 4. The largest absolute Gasteiger partial charge is 0.343 e. The van der Waals surface area contributed by atoms with Gasteiger partial charge in [-0.05, 0) is 50.6 Å². The van der Waals surface area contributed by atoms with E-state index in [0.29, 0.717) is 12.5 Å². The van der Waals surface area contributed by atoms with Crippen molar-refractivity contribution in [3.8, 4) is 0 Å². The Balaban J connectivity index is 1.72. The lowest BCUT2D eigenvalue weighted by molar-refractivity contribution is -0.133. The molecular formula is C17H33N3O. The third-order valence-corrected chi connectivity index (χ3v) is 4.79. The van der Waals surface area contributed by atoms with Crippen molar-refractivity contribution in [1.29, 1.82) is 0 Å². The maximum Gasteiger partial charge on any atom is 0.224 e. The number of hydrogen-bond donors (Lipinski definition) is 1. The van der Waals surface area contributed by atoms with Gasteiger partial charge in [-0.1, -0.05) is 20.8 Å². The van der Waals surface area contributed by atoms with Gasteiger partial charge in [0, 0.05) is 31.6 Å². The maximum absolute atomic E-state index is 12.4. The molecule has 0 aliphatic carbocycles. The fourth-order valence-electron chi connectivity index (χ4n) is 3.80. The van der Waals surface area contributed by atoms with Crippen molar-refractivity contribution in [2.75, 3.05) is 26.2 Å². The number of piperidine rings is 1. The molecule has 0 aromatic carbocycles. The topological polar surface area (TPSA) is 49.6 Å². The van der Waals surface area contributed by atoms with Crippen molar-refractivity contribution in [1.82, 2.24) is 9.80 Å². The Kier molecular flexibility index (Phi) is 5.67. The van der Waals surface area contributed by atoms with E-state index < -0.39 is 0 Å². The summed E-state index contributed by atoms with van der Waals surface area (Å²) in [6, 6.07) is 0.702. The first kappa shape index (κ1) is 16.8. The van der Waals surface area contributed by atoms with E-state index in [1.54, 1.807) is 0 Å². The summed E-state index contributed by atoms with van der Waals surface area (Å²) < 4.78 is 0. The van der Waals surface area contributed by atoms with Crippen molar-refractivity contribution in [2.24, 2.45) is 11.1 Å². The van der Waals surface area contributed by atoms with Gasteiger partial charge in [0.2, 0.25) is 5.91 Å². The Labute approximate surface area is 130 Å². The molecule has 2 rings (SSSR count). The summed E-state index contributed by atoms with van der Waals surface area (Å²) in [5.74, 6) is 0.256. The van der Waals surface area contributed by atoms with Crippen LogP contribution in [0.25, 0.3) is 0 Å². The number of carbonyl (C=O) groups excluding carboxylic acids is 1. The molecule has 2 N–H and O–H groups in total. The molecule has 122 valence electrons. The summed E-state index contributed by atoms with van der Waals surface area (Å²) in [6.45, 7) is 10.9. The third-order valence-electron chi connectivity index (χ3n) is 4.79. The Morgan fingerprint density at radius 1 is 1.14 bits per heavy atom. The first-order valence-electron chi connectivity index (χ1n) is 8.62. The van der Waals surface area contributed by atoms with Gasteiger partial charge < -0.3 is 15.5 Å². The van der Waals surface area contributed by atoms with Gasteiger partial charge in [-0.15, -0.1) is 0 Å². The van der Waals surface area contributed by atoms with Crippen LogP contribution >= 0.6 is 0 Å². The molecule has 2 heterocycles. The second-order valence-electron chi connectivity index (χ2n) is 8.08. The number of nitrogens with two attached hydrogens (primary N) is 1. The van der Waals surface area contributed by atoms with Crippen molar-refractivity contribution < 1.29 is 4.79 Å². The molecule has 0 spiro atoms. The number of hydrogen-bond acceptors (Lipinski definition) is 3. The van der Waals surface area contributed by atoms with Crippen molar-refractivity contribution in [3.05, 3.63) is 0 Å². The molecule has 4 heteroatoms. The first-order valence-corrected chi connectivity index (χ1v) is 8.62. The van der Waals surface area contributed by atoms with Crippen LogP contribution < -0.4 is 5.73 Å². The zero-order valence-electron chi connectivity index (χ0n) is 14.1. The molecular weight excluding hydrogens is 262 g/mol. The monoisotopic (exact) mass is 295 g/mol. The molecule has 1 unspecified atom stereocenters. The van der Waals surface area contributed by atoms with Crippen LogP contribution in [0.4, 0.5) is 0 Å². The number of amides is 1. The van der Waals surface area contributed by atoms with Gasteiger partial charge in [-0.25, -0.2) is 0 Å². The molecule has 0 aromatic rings. The van der Waals surface area contributed by atoms with Crippen LogP contribution in [-0.4, -0.2) is 54.0 Å². The highest BCUT2D eigenvalue weighted by atomic mass is 16.2. The Morgan fingerprint density at radius 2 is 1.71 bits per heavy atom. The van der Waals surface area contributed by atoms with Gasteiger partial charge in [0.1, 0.15) is 0 Å². The minimum atomic E-state index is -0.00574. The molecule has 0 bridgehead atoms. The number of likely N-dealkylation sites (tertiary alicyclic amines) is 2. The van der Waals surface area contributed by atoms with Crippen molar-refractivity contribution >= 4 is 5.91 Å². The Hall–Kier alpha value is -0.610. The highest BCUT2D eigenvalue weighted by Crippen LogP contribution is 2.23. The number of carbonyl (C=O) groups is 1. The predicted octanol–water partition coefficient (Wildman–Crippen LogP) is 2.23. The fourth-order valence-corrected chi connectivity index (χ4v) is 3.80. The van der Waals surface area contributed by atoms with E-state index in [4.69, 9.17) is 5.73 Å². The third kappa shape index (κ3) is 5.26. The predicted molar refractivity (Wildman–Crippen MR) is 87.1 cm³/mol. The van der Waals surface area contributed by atoms with E-state index in [0.717, 1.165) is 32.4 Å². The molecule has 0 radical (unpaired) electrons. The second-order valence-corrected chi connectivity index (χ2v) is 8.08. The van der Waals surface area contributed by atoms with E-state index >= 15 is 0 Å². The molecule has 2 aliphatic rings. The van der Waals surface area contributed by atoms with E-state index in [1.165, 1.54) is 25.9 Å². The molecule has 21 heavy (non-hydrogen) atoms. The summed E-state index contributed by atoms with van der Waals surface area (Å²) in [5.41, 5.74) is 6.34. The van der Waals surface area contributed by atoms with Gasteiger partial charge in [0.05, 0.1) is 0 Å². The standard InChI is InChI=1S/C17H33N3O/c1-17(2,3)13-14(18)12-16(21)20-10-6-15(7-11-20)19-8-4-5-9-19/h14-15H,4-13,18H2,1-3H3. The van der Waals surface area contributed by atoms with Crippen LogP contribution in [0, 0.1) is 5.41 Å². The highest BCUT2D eigenvalue weighted by molar-refractivity contribution is 5.76. The lowest BCUT2D eigenvalue weighted by Gasteiger charge is -2.37. The molecule has 0 aromatic heterocycles. The quantitative estimate of drug-likeness (QED) is 0.865. The average Bonchev–Trinajstić information content (AvgIpc) is 2.90. The second kappa shape index (κ2) is 7.10. The summed E-state index contributed by atoms with van der Waals surface area (Å²) in [7, 11) is 0. The van der Waals surface area contributed by atoms with Gasteiger partial charge in [-0.3, -0.25) is 4.79 Å². The van der Waals surface area contributed by atoms with Gasteiger partial charge in [-0.2, -0.15) is 0 Å². The van der Waals surface area contributed by atoms with Gasteiger partial charge in [0.15, 0.2) is 0 Å². The van der Waals surface area contributed by atoms with Crippen LogP contribution in [0.15, 0.2) is 0 Å². The van der Waals surface area contributed by atoms with Crippen LogP contribution in [0.1, 0.15) is 59.3 Å². The highest BCUT2D eigenvalue weighted by Gasteiger charge is 2.29. The van der Waals surface area contributed by atoms with E-state index in [1.807, 2.05) is 4.90 Å². The Bertz CT molecular complexity index is 336. The van der Waals surface area contributed by atoms with E-state index in [-0.39, 0.29) is 17.4 Å². The normalized spacial score (nSPS) is 23.5. The van der Waals surface area contributed by atoms with E-state index in [9.17, 15) is 4.79 Å². The SMILES string of the molecule is CC(C)(C)CC(N)CC(=O)N1CCC(N2CCCC2)CC1. The molecule has 1 atom stereocenters. The zero-order chi connectivity index (χ0) is 15.5.